The highest BCUT2D eigenvalue weighted by molar-refractivity contribution is 7.12. The van der Waals surface area contributed by atoms with Gasteiger partial charge in [-0.2, -0.15) is 0 Å². The third-order valence-corrected chi connectivity index (χ3v) is 7.57. The van der Waals surface area contributed by atoms with E-state index in [1.54, 1.807) is 6.07 Å². The van der Waals surface area contributed by atoms with Gasteiger partial charge in [-0.1, -0.05) is 6.07 Å². The lowest BCUT2D eigenvalue weighted by molar-refractivity contribution is -0.0586. The first-order valence-electron chi connectivity index (χ1n) is 10.1. The van der Waals surface area contributed by atoms with Crippen molar-refractivity contribution in [1.29, 1.82) is 0 Å². The molecule has 1 amide bonds. The summed E-state index contributed by atoms with van der Waals surface area (Å²) in [4.78, 5) is 13.3. The van der Waals surface area contributed by atoms with Crippen molar-refractivity contribution in [3.8, 4) is 0 Å². The van der Waals surface area contributed by atoms with Crippen LogP contribution in [0, 0.1) is 5.92 Å². The Bertz CT molecular complexity index is 648. The van der Waals surface area contributed by atoms with E-state index in [4.69, 9.17) is 5.73 Å². The highest BCUT2D eigenvalue weighted by Gasteiger charge is 2.57. The Kier molecular flexibility index (Phi) is 5.29. The highest BCUT2D eigenvalue weighted by atomic mass is 32.1. The molecule has 3 saturated carbocycles. The van der Waals surface area contributed by atoms with Gasteiger partial charge in [0.1, 0.15) is 0 Å². The van der Waals surface area contributed by atoms with Crippen molar-refractivity contribution in [2.24, 2.45) is 11.7 Å². The molecule has 1 heterocycles. The fourth-order valence-corrected chi connectivity index (χ4v) is 5.54. The van der Waals surface area contributed by atoms with Crippen molar-refractivity contribution < 1.29 is 13.6 Å². The van der Waals surface area contributed by atoms with Crippen molar-refractivity contribution in [1.82, 2.24) is 10.6 Å². The Morgan fingerprint density at radius 2 is 1.85 bits per heavy atom. The third kappa shape index (κ3) is 4.35. The molecule has 1 aromatic rings. The molecule has 3 aliphatic rings. The number of carbonyl (C=O) groups is 1. The molecule has 1 aromatic heterocycles. The number of rotatable bonds is 5. The van der Waals surface area contributed by atoms with E-state index in [1.807, 2.05) is 11.4 Å². The van der Waals surface area contributed by atoms with Crippen LogP contribution >= 0.6 is 11.3 Å². The van der Waals surface area contributed by atoms with Crippen LogP contribution in [0.4, 0.5) is 8.78 Å². The molecule has 3 aliphatic carbocycles. The van der Waals surface area contributed by atoms with Crippen LogP contribution in [0.1, 0.15) is 67.5 Å². The largest absolute Gasteiger partial charge is 0.346 e. The van der Waals surface area contributed by atoms with Gasteiger partial charge >= 0.3 is 0 Å². The van der Waals surface area contributed by atoms with Crippen LogP contribution in [0.3, 0.4) is 0 Å². The Hall–Kier alpha value is -1.05. The topological polar surface area (TPSA) is 67.2 Å². The third-order valence-electron chi connectivity index (χ3n) is 6.70. The van der Waals surface area contributed by atoms with Gasteiger partial charge in [-0.15, -0.1) is 11.3 Å². The first-order valence-corrected chi connectivity index (χ1v) is 11.0. The van der Waals surface area contributed by atoms with E-state index >= 15 is 0 Å². The smallest absolute Gasteiger partial charge is 0.261 e. The summed E-state index contributed by atoms with van der Waals surface area (Å²) in [6.45, 7) is 0. The molecule has 0 radical (unpaired) electrons. The van der Waals surface area contributed by atoms with Crippen LogP contribution in [0.2, 0.25) is 0 Å². The minimum Gasteiger partial charge on any atom is -0.346 e. The number of hydrogen-bond acceptors (Lipinski definition) is 4. The number of nitrogens with one attached hydrogen (secondary N) is 2. The average molecular weight is 398 g/mol. The zero-order valence-electron chi connectivity index (χ0n) is 15.6. The van der Waals surface area contributed by atoms with Crippen LogP contribution in [0.5, 0.6) is 0 Å². The van der Waals surface area contributed by atoms with Gasteiger partial charge in [0.05, 0.1) is 4.88 Å². The number of hydrogen-bond donors (Lipinski definition) is 3. The normalized spacial score (nSPS) is 34.8. The second-order valence-electron chi connectivity index (χ2n) is 8.67. The molecule has 3 fully saturated rings. The van der Waals surface area contributed by atoms with E-state index in [-0.39, 0.29) is 24.7 Å². The lowest BCUT2D eigenvalue weighted by atomic mass is 9.76. The maximum atomic E-state index is 13.8. The molecule has 7 heteroatoms. The van der Waals surface area contributed by atoms with Gasteiger partial charge < -0.3 is 16.4 Å². The Morgan fingerprint density at radius 3 is 2.48 bits per heavy atom. The maximum absolute atomic E-state index is 13.8. The zero-order valence-corrected chi connectivity index (χ0v) is 16.4. The number of thiophene rings is 1. The fraction of sp³-hybridized carbons (Fsp3) is 0.750. The van der Waals surface area contributed by atoms with Crippen molar-refractivity contribution in [3.05, 3.63) is 22.4 Å². The second kappa shape index (κ2) is 7.41. The number of halogens is 2. The lowest BCUT2D eigenvalue weighted by Gasteiger charge is -2.42. The number of carbonyl (C=O) groups excluding carboxylic acids is 1. The SMILES string of the molecule is NC1CCC(NC2CC2C2(NC(=O)c3cccs3)CCC(F)(F)CC2)CC1. The van der Waals surface area contributed by atoms with Gasteiger partial charge in [-0.3, -0.25) is 4.79 Å². The van der Waals surface area contributed by atoms with E-state index in [0.29, 0.717) is 35.8 Å². The summed E-state index contributed by atoms with van der Waals surface area (Å²) in [5.41, 5.74) is 5.48. The first-order chi connectivity index (χ1) is 12.9. The van der Waals surface area contributed by atoms with Crippen molar-refractivity contribution >= 4 is 17.2 Å². The fourth-order valence-electron chi connectivity index (χ4n) is 4.92. The molecular formula is C20H29F2N3OS. The van der Waals surface area contributed by atoms with E-state index in [2.05, 4.69) is 10.6 Å². The van der Waals surface area contributed by atoms with Gasteiger partial charge in [0, 0.05) is 36.5 Å². The van der Waals surface area contributed by atoms with Crippen LogP contribution in [0.25, 0.3) is 0 Å². The number of alkyl halides is 2. The second-order valence-corrected chi connectivity index (χ2v) is 9.62. The standard InChI is InChI=1S/C20H29F2N3OS/c21-20(22)9-7-19(8-10-20,25-18(26)17-2-1-11-27-17)15-12-16(15)24-14-5-3-13(23)4-6-14/h1-2,11,13-16,24H,3-10,12,23H2,(H,25,26). The van der Waals surface area contributed by atoms with Crippen molar-refractivity contribution in [3.63, 3.8) is 0 Å². The monoisotopic (exact) mass is 397 g/mol. The van der Waals surface area contributed by atoms with Crippen LogP contribution < -0.4 is 16.4 Å². The molecule has 0 bridgehead atoms. The van der Waals surface area contributed by atoms with Gasteiger partial charge in [0.2, 0.25) is 5.92 Å². The lowest BCUT2D eigenvalue weighted by Crippen LogP contribution is -2.55. The van der Waals surface area contributed by atoms with Gasteiger partial charge in [0.15, 0.2) is 0 Å². The summed E-state index contributed by atoms with van der Waals surface area (Å²) in [5, 5.41) is 8.78. The Labute approximate surface area is 163 Å². The summed E-state index contributed by atoms with van der Waals surface area (Å²) in [6, 6.07) is 4.74. The van der Waals surface area contributed by atoms with Crippen LogP contribution in [-0.2, 0) is 0 Å². The minimum absolute atomic E-state index is 0.121. The highest BCUT2D eigenvalue weighted by Crippen LogP contribution is 2.51. The van der Waals surface area contributed by atoms with Crippen molar-refractivity contribution in [2.45, 2.75) is 87.4 Å². The van der Waals surface area contributed by atoms with E-state index in [0.717, 1.165) is 32.1 Å². The molecule has 27 heavy (non-hydrogen) atoms. The maximum Gasteiger partial charge on any atom is 0.261 e. The predicted molar refractivity (Wildman–Crippen MR) is 103 cm³/mol. The van der Waals surface area contributed by atoms with Gasteiger partial charge in [-0.05, 0) is 62.3 Å². The molecular weight excluding hydrogens is 368 g/mol. The summed E-state index contributed by atoms with van der Waals surface area (Å²) >= 11 is 1.39. The molecule has 4 N–H and O–H groups in total. The van der Waals surface area contributed by atoms with E-state index in [1.165, 1.54) is 11.3 Å². The summed E-state index contributed by atoms with van der Waals surface area (Å²) in [6.07, 6.45) is 5.64. The summed E-state index contributed by atoms with van der Waals surface area (Å²) < 4.78 is 27.6. The first kappa shape index (κ1) is 19.3. The molecule has 0 spiro atoms. The molecule has 2 atom stereocenters. The molecule has 0 aliphatic heterocycles. The van der Waals surface area contributed by atoms with Crippen LogP contribution in [-0.4, -0.2) is 35.5 Å². The Balaban J connectivity index is 1.42. The van der Waals surface area contributed by atoms with Gasteiger partial charge in [0.25, 0.3) is 5.91 Å². The van der Waals surface area contributed by atoms with Gasteiger partial charge in [-0.25, -0.2) is 8.78 Å². The number of amides is 1. The molecule has 4 rings (SSSR count). The summed E-state index contributed by atoms with van der Waals surface area (Å²) in [5.74, 6) is -2.48. The van der Waals surface area contributed by atoms with E-state index in [9.17, 15) is 13.6 Å². The predicted octanol–water partition coefficient (Wildman–Crippen LogP) is 3.67. The summed E-state index contributed by atoms with van der Waals surface area (Å²) in [7, 11) is 0. The zero-order chi connectivity index (χ0) is 19.1. The average Bonchev–Trinajstić information content (AvgIpc) is 3.18. The quantitative estimate of drug-likeness (QED) is 0.710. The van der Waals surface area contributed by atoms with Crippen LogP contribution in [0.15, 0.2) is 17.5 Å². The minimum atomic E-state index is -2.60. The molecule has 0 aromatic carbocycles. The Morgan fingerprint density at radius 1 is 1.15 bits per heavy atom. The molecule has 150 valence electrons. The molecule has 2 unspecified atom stereocenters. The number of nitrogens with two attached hydrogens (primary N) is 1. The molecule has 0 saturated heterocycles. The van der Waals surface area contributed by atoms with Crippen molar-refractivity contribution in [2.75, 3.05) is 0 Å². The molecule has 4 nitrogen and oxygen atoms in total. The van der Waals surface area contributed by atoms with E-state index < -0.39 is 11.5 Å².